The number of rotatable bonds is 6. The Morgan fingerprint density at radius 1 is 1.34 bits per heavy atom. The first kappa shape index (κ1) is 20.8. The Morgan fingerprint density at radius 2 is 2.07 bits per heavy atom. The van der Waals surface area contributed by atoms with Gasteiger partial charge < -0.3 is 14.6 Å². The Kier molecular flexibility index (Phi) is 5.61. The minimum atomic E-state index is -3.16. The molecule has 1 atom stereocenters. The topological polar surface area (TPSA) is 81.9 Å². The molecule has 9 heteroatoms. The SMILES string of the molecule is COCC(C)n1cc(-c2cc(C)nc(C(C)(F)F)n2)c2cc(NC(C)=O)ncc21. The van der Waals surface area contributed by atoms with Crippen molar-refractivity contribution < 1.29 is 18.3 Å². The highest BCUT2D eigenvalue weighted by atomic mass is 19.3. The molecule has 3 aromatic heterocycles. The van der Waals surface area contributed by atoms with Crippen molar-refractivity contribution in [3.8, 4) is 11.3 Å². The van der Waals surface area contributed by atoms with Crippen LogP contribution in [0.3, 0.4) is 0 Å². The largest absolute Gasteiger partial charge is 0.383 e. The van der Waals surface area contributed by atoms with Crippen LogP contribution in [0.4, 0.5) is 14.6 Å². The fourth-order valence-electron chi connectivity index (χ4n) is 3.19. The molecule has 0 radical (unpaired) electrons. The van der Waals surface area contributed by atoms with Gasteiger partial charge in [-0.25, -0.2) is 15.0 Å². The summed E-state index contributed by atoms with van der Waals surface area (Å²) in [5.74, 6) is -3.58. The summed E-state index contributed by atoms with van der Waals surface area (Å²) >= 11 is 0. The van der Waals surface area contributed by atoms with E-state index in [0.29, 0.717) is 29.4 Å². The number of carbonyl (C=O) groups is 1. The number of fused-ring (bicyclic) bond motifs is 1. The van der Waals surface area contributed by atoms with Crippen LogP contribution >= 0.6 is 0 Å². The van der Waals surface area contributed by atoms with E-state index in [-0.39, 0.29) is 11.9 Å². The third-order valence-corrected chi connectivity index (χ3v) is 4.43. The van der Waals surface area contributed by atoms with Gasteiger partial charge in [-0.1, -0.05) is 0 Å². The Labute approximate surface area is 167 Å². The van der Waals surface area contributed by atoms with Gasteiger partial charge in [-0.2, -0.15) is 8.78 Å². The molecule has 0 spiro atoms. The first-order valence-corrected chi connectivity index (χ1v) is 9.11. The highest BCUT2D eigenvalue weighted by molar-refractivity contribution is 5.98. The van der Waals surface area contributed by atoms with Crippen LogP contribution in [-0.4, -0.2) is 39.1 Å². The average Bonchev–Trinajstić information content (AvgIpc) is 2.99. The molecule has 0 bridgehead atoms. The number of nitrogens with zero attached hydrogens (tertiary/aromatic N) is 4. The van der Waals surface area contributed by atoms with Gasteiger partial charge in [-0.15, -0.1) is 0 Å². The first-order valence-electron chi connectivity index (χ1n) is 9.11. The molecular weight excluding hydrogens is 380 g/mol. The zero-order valence-corrected chi connectivity index (χ0v) is 17.0. The van der Waals surface area contributed by atoms with Crippen molar-refractivity contribution in [1.29, 1.82) is 0 Å². The third-order valence-electron chi connectivity index (χ3n) is 4.43. The average molecular weight is 403 g/mol. The predicted molar refractivity (Wildman–Crippen MR) is 106 cm³/mol. The molecule has 154 valence electrons. The molecule has 0 aliphatic heterocycles. The molecule has 1 unspecified atom stereocenters. The van der Waals surface area contributed by atoms with Crippen molar-refractivity contribution in [2.45, 2.75) is 39.7 Å². The fraction of sp³-hybridized carbons (Fsp3) is 0.400. The van der Waals surface area contributed by atoms with Gasteiger partial charge in [-0.05, 0) is 26.0 Å². The van der Waals surface area contributed by atoms with Gasteiger partial charge in [0, 0.05) is 43.8 Å². The number of halogens is 2. The van der Waals surface area contributed by atoms with Crippen molar-refractivity contribution in [3.05, 3.63) is 36.0 Å². The number of hydrogen-bond acceptors (Lipinski definition) is 5. The van der Waals surface area contributed by atoms with Gasteiger partial charge in [0.25, 0.3) is 0 Å². The molecule has 3 rings (SSSR count). The molecule has 3 heterocycles. The predicted octanol–water partition coefficient (Wildman–Crippen LogP) is 4.08. The summed E-state index contributed by atoms with van der Waals surface area (Å²) in [6.45, 7) is 6.25. The third kappa shape index (κ3) is 4.40. The lowest BCUT2D eigenvalue weighted by Crippen LogP contribution is -2.14. The van der Waals surface area contributed by atoms with Crippen LogP contribution in [0.2, 0.25) is 0 Å². The molecule has 29 heavy (non-hydrogen) atoms. The number of ether oxygens (including phenoxy) is 1. The van der Waals surface area contributed by atoms with Crippen molar-refractivity contribution in [1.82, 2.24) is 19.5 Å². The summed E-state index contributed by atoms with van der Waals surface area (Å²) in [4.78, 5) is 23.7. The van der Waals surface area contributed by atoms with E-state index in [1.54, 1.807) is 32.4 Å². The van der Waals surface area contributed by atoms with Gasteiger partial charge in [0.1, 0.15) is 5.82 Å². The smallest absolute Gasteiger partial charge is 0.303 e. The van der Waals surface area contributed by atoms with Crippen LogP contribution in [0.1, 0.15) is 38.3 Å². The maximum Gasteiger partial charge on any atom is 0.303 e. The van der Waals surface area contributed by atoms with E-state index in [9.17, 15) is 13.6 Å². The lowest BCUT2D eigenvalue weighted by Gasteiger charge is -2.14. The Hall–Kier alpha value is -2.94. The monoisotopic (exact) mass is 403 g/mol. The van der Waals surface area contributed by atoms with Crippen LogP contribution in [0.15, 0.2) is 24.5 Å². The quantitative estimate of drug-likeness (QED) is 0.671. The van der Waals surface area contributed by atoms with Crippen LogP contribution in [-0.2, 0) is 15.5 Å². The Balaban J connectivity index is 2.25. The van der Waals surface area contributed by atoms with E-state index in [4.69, 9.17) is 4.74 Å². The van der Waals surface area contributed by atoms with Crippen LogP contribution < -0.4 is 5.32 Å². The van der Waals surface area contributed by atoms with Crippen molar-refractivity contribution in [2.75, 3.05) is 19.0 Å². The molecular formula is C20H23F2N5O2. The maximum atomic E-state index is 13.9. The van der Waals surface area contributed by atoms with Gasteiger partial charge >= 0.3 is 5.92 Å². The summed E-state index contributed by atoms with van der Waals surface area (Å²) in [7, 11) is 1.61. The van der Waals surface area contributed by atoms with Crippen molar-refractivity contribution >= 4 is 22.6 Å². The molecule has 7 nitrogen and oxygen atoms in total. The van der Waals surface area contributed by atoms with Crippen LogP contribution in [0.5, 0.6) is 0 Å². The standard InChI is InChI=1S/C20H23F2N5O2/c1-11-6-16(26-19(24-11)20(4,21)22)15-9-27(12(2)10-29-5)17-8-23-18(7-14(15)17)25-13(3)28/h6-9,12H,10H2,1-5H3,(H,23,25,28). The number of aromatic nitrogens is 4. The van der Waals surface area contributed by atoms with E-state index in [1.807, 2.05) is 17.7 Å². The summed E-state index contributed by atoms with van der Waals surface area (Å²) < 4.78 is 35.0. The van der Waals surface area contributed by atoms with Crippen LogP contribution in [0.25, 0.3) is 22.2 Å². The van der Waals surface area contributed by atoms with E-state index in [1.165, 1.54) is 6.92 Å². The molecule has 0 aliphatic rings. The molecule has 0 saturated heterocycles. The number of pyridine rings is 1. The minimum Gasteiger partial charge on any atom is -0.383 e. The fourth-order valence-corrected chi connectivity index (χ4v) is 3.19. The molecule has 0 aliphatic carbocycles. The number of alkyl halides is 2. The lowest BCUT2D eigenvalue weighted by molar-refractivity contribution is -0.114. The molecule has 0 saturated carbocycles. The molecule has 0 fully saturated rings. The molecule has 1 amide bonds. The molecule has 3 aromatic rings. The van der Waals surface area contributed by atoms with Crippen molar-refractivity contribution in [2.24, 2.45) is 0 Å². The number of anilines is 1. The maximum absolute atomic E-state index is 13.9. The van der Waals surface area contributed by atoms with E-state index in [2.05, 4.69) is 20.3 Å². The Morgan fingerprint density at radius 3 is 2.69 bits per heavy atom. The first-order chi connectivity index (χ1) is 13.6. The molecule has 1 N–H and O–H groups in total. The second-order valence-corrected chi connectivity index (χ2v) is 7.13. The number of carbonyl (C=O) groups excluding carboxylic acids is 1. The Bertz CT molecular complexity index is 1060. The van der Waals surface area contributed by atoms with E-state index >= 15 is 0 Å². The van der Waals surface area contributed by atoms with Crippen molar-refractivity contribution in [3.63, 3.8) is 0 Å². The minimum absolute atomic E-state index is 0.0281. The van der Waals surface area contributed by atoms with Gasteiger partial charge in [0.05, 0.1) is 30.1 Å². The summed E-state index contributed by atoms with van der Waals surface area (Å²) in [6.07, 6.45) is 3.48. The zero-order chi connectivity index (χ0) is 21.3. The highest BCUT2D eigenvalue weighted by Gasteiger charge is 2.29. The summed E-state index contributed by atoms with van der Waals surface area (Å²) in [5.41, 5.74) is 2.24. The van der Waals surface area contributed by atoms with Gasteiger partial charge in [0.15, 0.2) is 5.82 Å². The second-order valence-electron chi connectivity index (χ2n) is 7.13. The number of nitrogens with one attached hydrogen (secondary N) is 1. The molecule has 0 aromatic carbocycles. The number of amides is 1. The summed E-state index contributed by atoms with van der Waals surface area (Å²) in [6, 6.07) is 3.34. The second kappa shape index (κ2) is 7.82. The number of methoxy groups -OCH3 is 1. The zero-order valence-electron chi connectivity index (χ0n) is 17.0. The normalized spacial score (nSPS) is 12.9. The summed E-state index contributed by atoms with van der Waals surface area (Å²) in [5, 5.41) is 3.38. The van der Waals surface area contributed by atoms with Gasteiger partial charge in [-0.3, -0.25) is 4.79 Å². The van der Waals surface area contributed by atoms with E-state index < -0.39 is 11.7 Å². The van der Waals surface area contributed by atoms with Gasteiger partial charge in [0.2, 0.25) is 5.91 Å². The van der Waals surface area contributed by atoms with Crippen LogP contribution in [0, 0.1) is 6.92 Å². The number of aryl methyl sites for hydroxylation is 1. The lowest BCUT2D eigenvalue weighted by atomic mass is 10.1. The highest BCUT2D eigenvalue weighted by Crippen LogP contribution is 2.34. The van der Waals surface area contributed by atoms with E-state index in [0.717, 1.165) is 17.8 Å². The number of hydrogen-bond donors (Lipinski definition) is 1.